The molecule has 0 radical (unpaired) electrons. The van der Waals surface area contributed by atoms with Crippen LogP contribution in [0.4, 0.5) is 30.2 Å². The maximum absolute atomic E-state index is 13.3. The molecule has 0 bridgehead atoms. The number of hydrogen-bond donors (Lipinski definition) is 2. The first-order valence-corrected chi connectivity index (χ1v) is 9.48. The number of nitrogens with zero attached hydrogens (tertiary/aromatic N) is 1. The summed E-state index contributed by atoms with van der Waals surface area (Å²) >= 11 is 0. The lowest BCUT2D eigenvalue weighted by atomic mass is 10.0. The summed E-state index contributed by atoms with van der Waals surface area (Å²) < 4.78 is 38.9. The molecule has 2 N–H and O–H groups in total. The van der Waals surface area contributed by atoms with E-state index < -0.39 is 17.9 Å². The topological polar surface area (TPSA) is 61.4 Å². The maximum atomic E-state index is 13.3. The Morgan fingerprint density at radius 2 is 1.61 bits per heavy atom. The monoisotopic (exact) mass is 425 g/mol. The van der Waals surface area contributed by atoms with Crippen molar-refractivity contribution in [2.24, 2.45) is 0 Å². The fourth-order valence-corrected chi connectivity index (χ4v) is 3.52. The molecule has 3 aromatic carbocycles. The fraction of sp³-hybridized carbons (Fsp3) is 0.130. The number of fused-ring (bicyclic) bond motifs is 1. The van der Waals surface area contributed by atoms with Crippen molar-refractivity contribution in [1.29, 1.82) is 0 Å². The number of alkyl halides is 3. The van der Waals surface area contributed by atoms with Gasteiger partial charge in [0.15, 0.2) is 0 Å². The first kappa shape index (κ1) is 20.5. The zero-order valence-corrected chi connectivity index (χ0v) is 16.4. The highest BCUT2D eigenvalue weighted by Gasteiger charge is 2.35. The predicted octanol–water partition coefficient (Wildman–Crippen LogP) is 5.43. The molecule has 0 spiro atoms. The SMILES string of the molecule is CC(=O)Nc1ccc(N2C(=O)c3ccccc3N[C@H]2c2ccc(C(F)(F)F)cc2)cc1. The molecule has 3 aromatic rings. The average molecular weight is 425 g/mol. The van der Waals surface area contributed by atoms with E-state index in [1.807, 2.05) is 0 Å². The van der Waals surface area contributed by atoms with E-state index in [9.17, 15) is 22.8 Å². The number of anilines is 3. The van der Waals surface area contributed by atoms with Crippen LogP contribution in [0.25, 0.3) is 0 Å². The largest absolute Gasteiger partial charge is 0.416 e. The summed E-state index contributed by atoms with van der Waals surface area (Å²) in [5, 5.41) is 5.91. The van der Waals surface area contributed by atoms with Gasteiger partial charge in [0, 0.05) is 24.0 Å². The van der Waals surface area contributed by atoms with E-state index in [1.54, 1.807) is 48.5 Å². The molecule has 1 aliphatic heterocycles. The number of halogens is 3. The molecule has 0 unspecified atom stereocenters. The number of benzene rings is 3. The van der Waals surface area contributed by atoms with E-state index in [0.29, 0.717) is 28.2 Å². The number of hydrogen-bond acceptors (Lipinski definition) is 3. The number of carbonyl (C=O) groups excluding carboxylic acids is 2. The summed E-state index contributed by atoms with van der Waals surface area (Å²) in [5.41, 5.74) is 1.90. The Morgan fingerprint density at radius 1 is 0.968 bits per heavy atom. The molecule has 4 rings (SSSR count). The Balaban J connectivity index is 1.76. The van der Waals surface area contributed by atoms with E-state index in [4.69, 9.17) is 0 Å². The van der Waals surface area contributed by atoms with E-state index >= 15 is 0 Å². The number of nitrogens with one attached hydrogen (secondary N) is 2. The van der Waals surface area contributed by atoms with E-state index in [-0.39, 0.29) is 11.8 Å². The second-order valence-corrected chi connectivity index (χ2v) is 7.12. The predicted molar refractivity (Wildman–Crippen MR) is 112 cm³/mol. The third kappa shape index (κ3) is 4.09. The van der Waals surface area contributed by atoms with Crippen LogP contribution < -0.4 is 15.5 Å². The Morgan fingerprint density at radius 3 is 2.23 bits per heavy atom. The van der Waals surface area contributed by atoms with Gasteiger partial charge in [-0.3, -0.25) is 14.5 Å². The van der Waals surface area contributed by atoms with Crippen LogP contribution in [0.5, 0.6) is 0 Å². The first-order chi connectivity index (χ1) is 14.7. The smallest absolute Gasteiger partial charge is 0.360 e. The van der Waals surface area contributed by atoms with Crippen molar-refractivity contribution in [3.8, 4) is 0 Å². The zero-order chi connectivity index (χ0) is 22.2. The number of amides is 2. The molecular formula is C23H18F3N3O2. The minimum Gasteiger partial charge on any atom is -0.360 e. The lowest BCUT2D eigenvalue weighted by Crippen LogP contribution is -2.43. The first-order valence-electron chi connectivity index (χ1n) is 9.48. The van der Waals surface area contributed by atoms with Gasteiger partial charge < -0.3 is 10.6 Å². The van der Waals surface area contributed by atoms with Crippen LogP contribution in [0.2, 0.25) is 0 Å². The van der Waals surface area contributed by atoms with Gasteiger partial charge in [0.1, 0.15) is 6.17 Å². The number of rotatable bonds is 3. The quantitative estimate of drug-likeness (QED) is 0.588. The molecule has 0 saturated heterocycles. The summed E-state index contributed by atoms with van der Waals surface area (Å²) in [6.45, 7) is 1.39. The van der Waals surface area contributed by atoms with E-state index in [0.717, 1.165) is 12.1 Å². The molecule has 158 valence electrons. The van der Waals surface area contributed by atoms with Crippen LogP contribution in [0.15, 0.2) is 72.8 Å². The molecule has 0 aliphatic carbocycles. The van der Waals surface area contributed by atoms with Crippen molar-refractivity contribution in [2.45, 2.75) is 19.3 Å². The lowest BCUT2D eigenvalue weighted by molar-refractivity contribution is -0.137. The fourth-order valence-electron chi connectivity index (χ4n) is 3.52. The van der Waals surface area contributed by atoms with Gasteiger partial charge in [-0.2, -0.15) is 13.2 Å². The lowest BCUT2D eigenvalue weighted by Gasteiger charge is -2.38. The highest BCUT2D eigenvalue weighted by atomic mass is 19.4. The summed E-state index contributed by atoms with van der Waals surface area (Å²) in [6.07, 6.45) is -5.16. The minimum absolute atomic E-state index is 0.222. The molecule has 0 fully saturated rings. The summed E-state index contributed by atoms with van der Waals surface area (Å²) in [6, 6.07) is 18.4. The Hall–Kier alpha value is -3.81. The zero-order valence-electron chi connectivity index (χ0n) is 16.4. The summed E-state index contributed by atoms with van der Waals surface area (Å²) in [7, 11) is 0. The van der Waals surface area contributed by atoms with Crippen molar-refractivity contribution in [3.05, 3.63) is 89.5 Å². The van der Waals surface area contributed by atoms with E-state index in [1.165, 1.54) is 24.0 Å². The van der Waals surface area contributed by atoms with Gasteiger partial charge in [-0.1, -0.05) is 24.3 Å². The van der Waals surface area contributed by atoms with Crippen molar-refractivity contribution < 1.29 is 22.8 Å². The molecule has 8 heteroatoms. The van der Waals surface area contributed by atoms with Gasteiger partial charge in [-0.25, -0.2) is 0 Å². The van der Waals surface area contributed by atoms with Crippen molar-refractivity contribution >= 4 is 28.9 Å². The molecule has 31 heavy (non-hydrogen) atoms. The van der Waals surface area contributed by atoms with Gasteiger partial charge >= 0.3 is 6.18 Å². The van der Waals surface area contributed by atoms with Gasteiger partial charge in [0.25, 0.3) is 5.91 Å². The van der Waals surface area contributed by atoms with Gasteiger partial charge in [0.2, 0.25) is 5.91 Å². The van der Waals surface area contributed by atoms with Crippen molar-refractivity contribution in [1.82, 2.24) is 0 Å². The second-order valence-electron chi connectivity index (χ2n) is 7.12. The Kier molecular flexibility index (Phi) is 5.14. The Bertz CT molecular complexity index is 1130. The number of carbonyl (C=O) groups is 2. The Labute approximate surface area is 176 Å². The standard InChI is InChI=1S/C23H18F3N3O2/c1-14(30)27-17-10-12-18(13-11-17)29-21(15-6-8-16(9-7-15)23(24,25)26)28-20-5-3-2-4-19(20)22(29)31/h2-13,21,28H,1H3,(H,27,30)/t21-/m1/s1. The van der Waals surface area contributed by atoms with Crippen LogP contribution in [0, 0.1) is 0 Å². The minimum atomic E-state index is -4.44. The third-order valence-electron chi connectivity index (χ3n) is 4.95. The van der Waals surface area contributed by atoms with Crippen LogP contribution in [-0.2, 0) is 11.0 Å². The molecule has 2 amide bonds. The highest BCUT2D eigenvalue weighted by molar-refractivity contribution is 6.12. The van der Waals surface area contributed by atoms with Gasteiger partial charge in [-0.15, -0.1) is 0 Å². The van der Waals surface area contributed by atoms with Crippen LogP contribution >= 0.6 is 0 Å². The van der Waals surface area contributed by atoms with Crippen molar-refractivity contribution in [3.63, 3.8) is 0 Å². The third-order valence-corrected chi connectivity index (χ3v) is 4.95. The number of para-hydroxylation sites is 1. The molecule has 1 aliphatic rings. The molecule has 5 nitrogen and oxygen atoms in total. The molecule has 0 saturated carbocycles. The van der Waals surface area contributed by atoms with Crippen LogP contribution in [0.1, 0.15) is 34.6 Å². The summed E-state index contributed by atoms with van der Waals surface area (Å²) in [5.74, 6) is -0.508. The highest BCUT2D eigenvalue weighted by Crippen LogP contribution is 2.38. The average Bonchev–Trinajstić information content (AvgIpc) is 2.74. The van der Waals surface area contributed by atoms with E-state index in [2.05, 4.69) is 10.6 Å². The molecular weight excluding hydrogens is 407 g/mol. The van der Waals surface area contributed by atoms with Crippen LogP contribution in [0.3, 0.4) is 0 Å². The normalized spacial score (nSPS) is 15.8. The molecule has 0 aromatic heterocycles. The summed E-state index contributed by atoms with van der Waals surface area (Å²) in [4.78, 5) is 26.1. The molecule has 1 heterocycles. The van der Waals surface area contributed by atoms with Crippen LogP contribution in [-0.4, -0.2) is 11.8 Å². The van der Waals surface area contributed by atoms with Crippen molar-refractivity contribution in [2.75, 3.05) is 15.5 Å². The second kappa shape index (κ2) is 7.79. The maximum Gasteiger partial charge on any atom is 0.416 e. The van der Waals surface area contributed by atoms with Gasteiger partial charge in [-0.05, 0) is 54.1 Å². The molecule has 1 atom stereocenters. The van der Waals surface area contributed by atoms with Gasteiger partial charge in [0.05, 0.1) is 11.1 Å².